The standard InChI is InChI=1S/C39H29N3O.H2/c1-3-9-27(10-4-1)38-41-36-24-35-30(23-37(36)43-38)22-29-21-28(16-19-34(29)40-35)26-14-17-33(18-15-26)42(32-12-5-2-6-13-32)39-20-8-7-11-31(39)25-39;/h1-21,23-24,31,40H,22,25H2;1H. The molecule has 2 heterocycles. The SMILES string of the molecule is C1=CC2CC2(N(c2ccccc2)c2ccc(-c3ccc4c(c3)Cc3cc5oc(-c6ccccc6)nc5cc3N4)cc2)C=C1.[HH]. The molecule has 4 heteroatoms. The lowest BCUT2D eigenvalue weighted by atomic mass is 9.93. The van der Waals surface area contributed by atoms with Crippen molar-refractivity contribution in [3.8, 4) is 22.6 Å². The number of nitrogens with zero attached hydrogens (tertiary/aromatic N) is 2. The van der Waals surface area contributed by atoms with E-state index in [4.69, 9.17) is 9.40 Å². The van der Waals surface area contributed by atoms with Crippen molar-refractivity contribution in [2.24, 2.45) is 5.92 Å². The molecule has 1 aliphatic heterocycles. The zero-order chi connectivity index (χ0) is 28.4. The highest BCUT2D eigenvalue weighted by Crippen LogP contribution is 2.56. The molecular weight excluding hydrogens is 526 g/mol. The third-order valence-corrected chi connectivity index (χ3v) is 9.15. The van der Waals surface area contributed by atoms with Gasteiger partial charge in [-0.3, -0.25) is 0 Å². The molecule has 3 aliphatic rings. The van der Waals surface area contributed by atoms with E-state index in [2.05, 4.69) is 119 Å². The second kappa shape index (κ2) is 9.33. The monoisotopic (exact) mass is 557 g/mol. The molecule has 5 aromatic carbocycles. The molecule has 4 nitrogen and oxygen atoms in total. The molecule has 1 fully saturated rings. The van der Waals surface area contributed by atoms with Crippen LogP contribution in [-0.4, -0.2) is 10.5 Å². The first kappa shape index (κ1) is 24.3. The lowest BCUT2D eigenvalue weighted by Crippen LogP contribution is -2.34. The molecule has 0 spiro atoms. The minimum atomic E-state index is 0. The Morgan fingerprint density at radius 1 is 0.721 bits per heavy atom. The first-order valence-electron chi connectivity index (χ1n) is 14.9. The van der Waals surface area contributed by atoms with Crippen molar-refractivity contribution in [1.29, 1.82) is 0 Å². The van der Waals surface area contributed by atoms with Crippen molar-refractivity contribution in [2.75, 3.05) is 10.2 Å². The number of hydrogen-bond donors (Lipinski definition) is 1. The lowest BCUT2D eigenvalue weighted by molar-refractivity contribution is 0.619. The number of oxazole rings is 1. The van der Waals surface area contributed by atoms with Gasteiger partial charge in [0.2, 0.25) is 5.89 Å². The molecule has 6 aromatic rings. The van der Waals surface area contributed by atoms with Crippen molar-refractivity contribution >= 4 is 33.8 Å². The average molecular weight is 558 g/mol. The maximum atomic E-state index is 6.17. The summed E-state index contributed by atoms with van der Waals surface area (Å²) in [6, 6.07) is 40.9. The van der Waals surface area contributed by atoms with Crippen molar-refractivity contribution in [3.63, 3.8) is 0 Å². The summed E-state index contributed by atoms with van der Waals surface area (Å²) in [6.45, 7) is 0. The number of nitrogens with one attached hydrogen (secondary N) is 1. The van der Waals surface area contributed by atoms with Gasteiger partial charge in [-0.2, -0.15) is 0 Å². The first-order chi connectivity index (χ1) is 21.2. The van der Waals surface area contributed by atoms with Gasteiger partial charge in [-0.05, 0) is 89.3 Å². The number of anilines is 4. The van der Waals surface area contributed by atoms with E-state index in [-0.39, 0.29) is 6.97 Å². The second-order valence-electron chi connectivity index (χ2n) is 11.8. The van der Waals surface area contributed by atoms with E-state index in [0.29, 0.717) is 11.8 Å². The van der Waals surface area contributed by atoms with E-state index in [9.17, 15) is 0 Å². The van der Waals surface area contributed by atoms with E-state index in [1.807, 2.05) is 30.3 Å². The van der Waals surface area contributed by atoms with E-state index in [1.165, 1.54) is 33.6 Å². The highest BCUT2D eigenvalue weighted by atomic mass is 16.3. The van der Waals surface area contributed by atoms with Crippen molar-refractivity contribution < 1.29 is 5.84 Å². The van der Waals surface area contributed by atoms with E-state index in [0.717, 1.165) is 40.9 Å². The first-order valence-corrected chi connectivity index (χ1v) is 14.9. The molecule has 2 atom stereocenters. The van der Waals surface area contributed by atoms with Crippen LogP contribution in [-0.2, 0) is 6.42 Å². The summed E-state index contributed by atoms with van der Waals surface area (Å²) < 4.78 is 6.17. The smallest absolute Gasteiger partial charge is 0.227 e. The van der Waals surface area contributed by atoms with Crippen molar-refractivity contribution in [3.05, 3.63) is 151 Å². The molecule has 0 amide bonds. The van der Waals surface area contributed by atoms with Crippen LogP contribution in [0.25, 0.3) is 33.7 Å². The number of para-hydroxylation sites is 1. The molecule has 1 saturated carbocycles. The van der Waals surface area contributed by atoms with Crippen LogP contribution in [0, 0.1) is 5.92 Å². The summed E-state index contributed by atoms with van der Waals surface area (Å²) in [5.41, 5.74) is 12.3. The summed E-state index contributed by atoms with van der Waals surface area (Å²) >= 11 is 0. The molecule has 0 bridgehead atoms. The number of fused-ring (bicyclic) bond motifs is 4. The number of benzene rings is 5. The average Bonchev–Trinajstić information content (AvgIpc) is 3.66. The third-order valence-electron chi connectivity index (χ3n) is 9.15. The van der Waals surface area contributed by atoms with Crippen molar-refractivity contribution in [1.82, 2.24) is 4.98 Å². The fraction of sp³-hybridized carbons (Fsp3) is 0.103. The number of allylic oxidation sites excluding steroid dienone is 2. The zero-order valence-corrected chi connectivity index (χ0v) is 23.6. The largest absolute Gasteiger partial charge is 0.436 e. The van der Waals surface area contributed by atoms with Gasteiger partial charge in [0.05, 0.1) is 5.54 Å². The number of rotatable bonds is 5. The third kappa shape index (κ3) is 4.02. The Labute approximate surface area is 252 Å². The molecule has 1 N–H and O–H groups in total. The molecule has 0 radical (unpaired) electrons. The van der Waals surface area contributed by atoms with Gasteiger partial charge in [0, 0.05) is 42.1 Å². The predicted octanol–water partition coefficient (Wildman–Crippen LogP) is 10.1. The molecule has 0 saturated heterocycles. The molecule has 43 heavy (non-hydrogen) atoms. The predicted molar refractivity (Wildman–Crippen MR) is 177 cm³/mol. The van der Waals surface area contributed by atoms with Crippen LogP contribution in [0.4, 0.5) is 22.7 Å². The van der Waals surface area contributed by atoms with Gasteiger partial charge in [-0.15, -0.1) is 0 Å². The molecule has 1 aromatic heterocycles. The maximum absolute atomic E-state index is 6.17. The molecule has 208 valence electrons. The Hall–Kier alpha value is -5.35. The van der Waals surface area contributed by atoms with Gasteiger partial charge in [-0.25, -0.2) is 4.98 Å². The van der Waals surface area contributed by atoms with Crippen LogP contribution in [0.15, 0.2) is 144 Å². The van der Waals surface area contributed by atoms with Crippen LogP contribution in [0.3, 0.4) is 0 Å². The van der Waals surface area contributed by atoms with Crippen LogP contribution in [0.5, 0.6) is 0 Å². The molecule has 2 unspecified atom stereocenters. The second-order valence-corrected chi connectivity index (χ2v) is 11.8. The van der Waals surface area contributed by atoms with Gasteiger partial charge in [-0.1, -0.05) is 78.9 Å². The van der Waals surface area contributed by atoms with Gasteiger partial charge in [0.1, 0.15) is 5.52 Å². The van der Waals surface area contributed by atoms with E-state index < -0.39 is 0 Å². The summed E-state index contributed by atoms with van der Waals surface area (Å²) in [4.78, 5) is 7.28. The van der Waals surface area contributed by atoms with Crippen LogP contribution in [0.2, 0.25) is 0 Å². The zero-order valence-electron chi connectivity index (χ0n) is 23.6. The van der Waals surface area contributed by atoms with E-state index >= 15 is 0 Å². The Morgan fingerprint density at radius 3 is 2.28 bits per heavy atom. The minimum absolute atomic E-state index is 0. The summed E-state index contributed by atoms with van der Waals surface area (Å²) in [6.07, 6.45) is 11.1. The van der Waals surface area contributed by atoms with Crippen LogP contribution >= 0.6 is 0 Å². The van der Waals surface area contributed by atoms with Crippen LogP contribution < -0.4 is 10.2 Å². The minimum Gasteiger partial charge on any atom is -0.436 e. The highest BCUT2D eigenvalue weighted by Gasteiger charge is 2.56. The van der Waals surface area contributed by atoms with Gasteiger partial charge in [0.25, 0.3) is 0 Å². The van der Waals surface area contributed by atoms with Gasteiger partial charge < -0.3 is 14.6 Å². The maximum Gasteiger partial charge on any atom is 0.227 e. The van der Waals surface area contributed by atoms with Gasteiger partial charge >= 0.3 is 0 Å². The lowest BCUT2D eigenvalue weighted by Gasteiger charge is -2.34. The molecule has 9 rings (SSSR count). The normalized spacial score (nSPS) is 19.3. The fourth-order valence-corrected chi connectivity index (χ4v) is 6.86. The molecule has 2 aliphatic carbocycles. The topological polar surface area (TPSA) is 41.3 Å². The summed E-state index contributed by atoms with van der Waals surface area (Å²) in [5, 5.41) is 3.65. The Kier molecular flexibility index (Phi) is 5.27. The van der Waals surface area contributed by atoms with Gasteiger partial charge in [0.15, 0.2) is 5.58 Å². The summed E-state index contributed by atoms with van der Waals surface area (Å²) in [7, 11) is 0. The quantitative estimate of drug-likeness (QED) is 0.229. The Balaban J connectivity index is 0.00000289. The number of hydrogen-bond acceptors (Lipinski definition) is 4. The Bertz CT molecular complexity index is 2060. The number of aromatic nitrogens is 1. The fourth-order valence-electron chi connectivity index (χ4n) is 6.86. The van der Waals surface area contributed by atoms with Crippen molar-refractivity contribution in [2.45, 2.75) is 18.4 Å². The van der Waals surface area contributed by atoms with E-state index in [1.54, 1.807) is 0 Å². The van der Waals surface area contributed by atoms with Crippen LogP contribution in [0.1, 0.15) is 19.0 Å². The summed E-state index contributed by atoms with van der Waals surface area (Å²) in [5.74, 6) is 1.20. The Morgan fingerprint density at radius 2 is 1.47 bits per heavy atom. The highest BCUT2D eigenvalue weighted by molar-refractivity contribution is 5.86. The molecular formula is C39H31N3O.